The second kappa shape index (κ2) is 7.24. The third-order valence-corrected chi connectivity index (χ3v) is 5.65. The second-order valence-corrected chi connectivity index (χ2v) is 8.97. The molecule has 0 atom stereocenters. The smallest absolute Gasteiger partial charge is 0.0679 e. The molecule has 0 unspecified atom stereocenters. The van der Waals surface area contributed by atoms with E-state index in [0.717, 1.165) is 0 Å². The van der Waals surface area contributed by atoms with Gasteiger partial charge in [-0.05, 0) is 43.5 Å². The van der Waals surface area contributed by atoms with Crippen molar-refractivity contribution in [3.63, 3.8) is 0 Å². The van der Waals surface area contributed by atoms with E-state index in [1.165, 1.54) is 16.2 Å². The second-order valence-electron chi connectivity index (χ2n) is 5.56. The molecular formula is C18H22S2. The van der Waals surface area contributed by atoms with Crippen molar-refractivity contribution in [2.45, 2.75) is 41.1 Å². The van der Waals surface area contributed by atoms with Crippen LogP contribution in [0.15, 0.2) is 70.5 Å². The fraction of sp³-hybridized carbons (Fsp3) is 0.333. The quantitative estimate of drug-likeness (QED) is 0.451. The van der Waals surface area contributed by atoms with Crippen LogP contribution in [-0.2, 0) is 0 Å². The van der Waals surface area contributed by atoms with Crippen molar-refractivity contribution in [2.24, 2.45) is 5.92 Å². The third kappa shape index (κ3) is 4.92. The van der Waals surface area contributed by atoms with E-state index in [1.807, 2.05) is 23.5 Å². The van der Waals surface area contributed by atoms with Gasteiger partial charge in [0.05, 0.1) is 4.08 Å². The molecule has 0 saturated heterocycles. The minimum Gasteiger partial charge on any atom is -0.108 e. The zero-order valence-corrected chi connectivity index (χ0v) is 14.0. The molecule has 2 aromatic rings. The van der Waals surface area contributed by atoms with Gasteiger partial charge in [-0.15, -0.1) is 23.5 Å². The predicted octanol–water partition coefficient (Wildman–Crippen LogP) is 6.33. The van der Waals surface area contributed by atoms with Gasteiger partial charge in [0.2, 0.25) is 0 Å². The molecule has 0 saturated carbocycles. The van der Waals surface area contributed by atoms with Gasteiger partial charge in [-0.1, -0.05) is 50.2 Å². The van der Waals surface area contributed by atoms with Crippen molar-refractivity contribution in [1.29, 1.82) is 0 Å². The van der Waals surface area contributed by atoms with Gasteiger partial charge in [0.1, 0.15) is 0 Å². The van der Waals surface area contributed by atoms with Crippen molar-refractivity contribution >= 4 is 23.5 Å². The fourth-order valence-electron chi connectivity index (χ4n) is 2.32. The highest BCUT2D eigenvalue weighted by Gasteiger charge is 2.28. The number of thioether (sulfide) groups is 2. The highest BCUT2D eigenvalue weighted by Crippen LogP contribution is 2.48. The van der Waals surface area contributed by atoms with E-state index in [9.17, 15) is 0 Å². The summed E-state index contributed by atoms with van der Waals surface area (Å²) in [6.45, 7) is 6.97. The molecule has 2 aromatic carbocycles. The van der Waals surface area contributed by atoms with E-state index in [4.69, 9.17) is 0 Å². The Labute approximate surface area is 131 Å². The summed E-state index contributed by atoms with van der Waals surface area (Å²) in [5.74, 6) is 0.687. The lowest BCUT2D eigenvalue weighted by atomic mass is 10.1. The average molecular weight is 303 g/mol. The van der Waals surface area contributed by atoms with E-state index < -0.39 is 0 Å². The Balaban J connectivity index is 2.17. The Morgan fingerprint density at radius 2 is 1.20 bits per heavy atom. The van der Waals surface area contributed by atoms with E-state index in [1.54, 1.807) is 0 Å². The Morgan fingerprint density at radius 1 is 0.800 bits per heavy atom. The summed E-state index contributed by atoms with van der Waals surface area (Å²) in [5, 5.41) is 0. The number of benzene rings is 2. The van der Waals surface area contributed by atoms with Gasteiger partial charge < -0.3 is 0 Å². The summed E-state index contributed by atoms with van der Waals surface area (Å²) in [5.41, 5.74) is 0. The lowest BCUT2D eigenvalue weighted by molar-refractivity contribution is 0.565. The van der Waals surface area contributed by atoms with Gasteiger partial charge in [-0.3, -0.25) is 0 Å². The largest absolute Gasteiger partial charge is 0.108 e. The number of rotatable bonds is 6. The summed E-state index contributed by atoms with van der Waals surface area (Å²) in [7, 11) is 0. The standard InChI is InChI=1S/C18H22S2/c1-15(2)14-18(3,19-16-10-6-4-7-11-16)20-17-12-8-5-9-13-17/h4-13,15H,14H2,1-3H3. The Hall–Kier alpha value is -0.860. The van der Waals surface area contributed by atoms with Gasteiger partial charge in [0.15, 0.2) is 0 Å². The predicted molar refractivity (Wildman–Crippen MR) is 92.5 cm³/mol. The highest BCUT2D eigenvalue weighted by molar-refractivity contribution is 8.18. The molecule has 0 aliphatic heterocycles. The first-order valence-corrected chi connectivity index (χ1v) is 8.69. The van der Waals surface area contributed by atoms with Crippen molar-refractivity contribution in [3.8, 4) is 0 Å². The summed E-state index contributed by atoms with van der Waals surface area (Å²) in [6.07, 6.45) is 1.19. The molecule has 2 rings (SSSR count). The van der Waals surface area contributed by atoms with Crippen LogP contribution in [0.4, 0.5) is 0 Å². The van der Waals surface area contributed by atoms with Crippen LogP contribution in [0.2, 0.25) is 0 Å². The van der Waals surface area contributed by atoms with Gasteiger partial charge >= 0.3 is 0 Å². The molecular weight excluding hydrogens is 280 g/mol. The molecule has 0 fully saturated rings. The summed E-state index contributed by atoms with van der Waals surface area (Å²) < 4.78 is 0.164. The normalized spacial score (nSPS) is 11.8. The molecule has 0 amide bonds. The molecule has 0 aromatic heterocycles. The Morgan fingerprint density at radius 3 is 1.55 bits per heavy atom. The maximum Gasteiger partial charge on any atom is 0.0679 e. The summed E-state index contributed by atoms with van der Waals surface area (Å²) in [6, 6.07) is 21.4. The van der Waals surface area contributed by atoms with Crippen LogP contribution in [-0.4, -0.2) is 4.08 Å². The van der Waals surface area contributed by atoms with Crippen LogP contribution in [0.1, 0.15) is 27.2 Å². The first kappa shape index (κ1) is 15.5. The van der Waals surface area contributed by atoms with Crippen molar-refractivity contribution in [1.82, 2.24) is 0 Å². The Kier molecular flexibility index (Phi) is 5.62. The molecule has 0 aliphatic rings. The van der Waals surface area contributed by atoms with Gasteiger partial charge in [0.25, 0.3) is 0 Å². The van der Waals surface area contributed by atoms with Crippen molar-refractivity contribution in [2.75, 3.05) is 0 Å². The molecule has 0 radical (unpaired) electrons. The minimum absolute atomic E-state index is 0.164. The summed E-state index contributed by atoms with van der Waals surface area (Å²) >= 11 is 3.95. The molecule has 106 valence electrons. The molecule has 0 aliphatic carbocycles. The lowest BCUT2D eigenvalue weighted by Gasteiger charge is -2.30. The Bertz CT molecular complexity index is 464. The molecule has 0 bridgehead atoms. The molecule has 0 heterocycles. The molecule has 0 nitrogen and oxygen atoms in total. The minimum atomic E-state index is 0.164. The summed E-state index contributed by atoms with van der Waals surface area (Å²) in [4.78, 5) is 2.69. The fourth-order valence-corrected chi connectivity index (χ4v) is 5.48. The zero-order chi connectivity index (χ0) is 14.4. The average Bonchev–Trinajstić information content (AvgIpc) is 2.39. The first-order chi connectivity index (χ1) is 9.57. The van der Waals surface area contributed by atoms with E-state index in [2.05, 4.69) is 81.4 Å². The van der Waals surface area contributed by atoms with Crippen LogP contribution in [0, 0.1) is 5.92 Å². The van der Waals surface area contributed by atoms with Crippen LogP contribution in [0.25, 0.3) is 0 Å². The van der Waals surface area contributed by atoms with Crippen LogP contribution >= 0.6 is 23.5 Å². The van der Waals surface area contributed by atoms with Gasteiger partial charge in [0, 0.05) is 9.79 Å². The number of hydrogen-bond donors (Lipinski definition) is 0. The molecule has 0 spiro atoms. The molecule has 20 heavy (non-hydrogen) atoms. The van der Waals surface area contributed by atoms with Gasteiger partial charge in [-0.25, -0.2) is 0 Å². The monoisotopic (exact) mass is 302 g/mol. The molecule has 0 N–H and O–H groups in total. The lowest BCUT2D eigenvalue weighted by Crippen LogP contribution is -2.17. The SMILES string of the molecule is CC(C)CC(C)(Sc1ccccc1)Sc1ccccc1. The zero-order valence-electron chi connectivity index (χ0n) is 12.4. The van der Waals surface area contributed by atoms with Crippen LogP contribution in [0.3, 0.4) is 0 Å². The number of hydrogen-bond acceptors (Lipinski definition) is 2. The maximum atomic E-state index is 2.36. The molecule has 2 heteroatoms. The van der Waals surface area contributed by atoms with E-state index in [0.29, 0.717) is 5.92 Å². The first-order valence-electron chi connectivity index (χ1n) is 7.05. The van der Waals surface area contributed by atoms with Crippen LogP contribution in [0.5, 0.6) is 0 Å². The van der Waals surface area contributed by atoms with Crippen molar-refractivity contribution in [3.05, 3.63) is 60.7 Å². The van der Waals surface area contributed by atoms with Gasteiger partial charge in [-0.2, -0.15) is 0 Å². The highest BCUT2D eigenvalue weighted by atomic mass is 32.2. The maximum absolute atomic E-state index is 2.36. The van der Waals surface area contributed by atoms with E-state index >= 15 is 0 Å². The van der Waals surface area contributed by atoms with E-state index in [-0.39, 0.29) is 4.08 Å². The van der Waals surface area contributed by atoms with Crippen molar-refractivity contribution < 1.29 is 0 Å². The third-order valence-electron chi connectivity index (χ3n) is 2.93. The topological polar surface area (TPSA) is 0 Å². The van der Waals surface area contributed by atoms with Crippen LogP contribution < -0.4 is 0 Å².